The van der Waals surface area contributed by atoms with Crippen LogP contribution in [0.4, 0.5) is 0 Å². The SMILES string of the molecule is CCCCCCCCCCCCCCOC(=O)C(N)CSSCC(N)C(=O)OCCCCCCCCCCCCCC. The van der Waals surface area contributed by atoms with Gasteiger partial charge in [-0.15, -0.1) is 0 Å². The Hall–Kier alpha value is -0.440. The molecule has 2 atom stereocenters. The minimum Gasteiger partial charge on any atom is -0.465 e. The summed E-state index contributed by atoms with van der Waals surface area (Å²) in [5.74, 6) is 0.167. The summed E-state index contributed by atoms with van der Waals surface area (Å²) in [4.78, 5) is 24.2. The number of hydrogen-bond donors (Lipinski definition) is 2. The third-order valence-corrected chi connectivity index (χ3v) is 10.1. The van der Waals surface area contributed by atoms with Gasteiger partial charge >= 0.3 is 11.9 Å². The van der Waals surface area contributed by atoms with Crippen LogP contribution in [-0.2, 0) is 19.1 Å². The number of unbranched alkanes of at least 4 members (excludes halogenated alkanes) is 22. The van der Waals surface area contributed by atoms with Crippen molar-refractivity contribution in [2.24, 2.45) is 11.5 Å². The van der Waals surface area contributed by atoms with Crippen LogP contribution < -0.4 is 11.5 Å². The predicted octanol–water partition coefficient (Wildman–Crippen LogP) is 9.51. The van der Waals surface area contributed by atoms with Crippen molar-refractivity contribution in [1.29, 1.82) is 0 Å². The van der Waals surface area contributed by atoms with Crippen molar-refractivity contribution in [1.82, 2.24) is 0 Å². The second-order valence-electron chi connectivity index (χ2n) is 11.9. The first-order valence-electron chi connectivity index (χ1n) is 17.6. The third kappa shape index (κ3) is 29.6. The molecule has 250 valence electrons. The predicted molar refractivity (Wildman–Crippen MR) is 185 cm³/mol. The van der Waals surface area contributed by atoms with Gasteiger partial charge in [-0.25, -0.2) is 0 Å². The molecule has 4 N–H and O–H groups in total. The summed E-state index contributed by atoms with van der Waals surface area (Å²) in [5, 5.41) is 0. The molecule has 0 aromatic heterocycles. The maximum Gasteiger partial charge on any atom is 0.323 e. The molecule has 0 aromatic carbocycles. The van der Waals surface area contributed by atoms with Crippen LogP contribution in [0.2, 0.25) is 0 Å². The molecule has 0 saturated heterocycles. The minimum absolute atomic E-state index is 0.350. The molecule has 6 nitrogen and oxygen atoms in total. The molecule has 2 unspecified atom stereocenters. The second kappa shape index (κ2) is 33.5. The lowest BCUT2D eigenvalue weighted by Gasteiger charge is -2.13. The first-order valence-corrected chi connectivity index (χ1v) is 20.1. The van der Waals surface area contributed by atoms with E-state index < -0.39 is 12.1 Å². The van der Waals surface area contributed by atoms with Gasteiger partial charge in [-0.1, -0.05) is 177 Å². The highest BCUT2D eigenvalue weighted by molar-refractivity contribution is 8.76. The Labute approximate surface area is 268 Å². The highest BCUT2D eigenvalue weighted by atomic mass is 33.1. The van der Waals surface area contributed by atoms with Gasteiger partial charge in [0, 0.05) is 11.5 Å². The van der Waals surface area contributed by atoms with Gasteiger partial charge in [0.1, 0.15) is 12.1 Å². The molecule has 0 bridgehead atoms. The molecular weight excluding hydrogens is 565 g/mol. The number of hydrogen-bond acceptors (Lipinski definition) is 8. The Balaban J connectivity index is 3.51. The van der Waals surface area contributed by atoms with E-state index in [1.165, 1.54) is 150 Å². The normalized spacial score (nSPS) is 12.8. The van der Waals surface area contributed by atoms with E-state index in [-0.39, 0.29) is 11.9 Å². The van der Waals surface area contributed by atoms with E-state index in [0.29, 0.717) is 24.7 Å². The lowest BCUT2D eigenvalue weighted by atomic mass is 10.1. The number of ether oxygens (including phenoxy) is 2. The largest absolute Gasteiger partial charge is 0.465 e. The van der Waals surface area contributed by atoms with Crippen molar-refractivity contribution in [3.63, 3.8) is 0 Å². The van der Waals surface area contributed by atoms with Gasteiger partial charge in [0.15, 0.2) is 0 Å². The lowest BCUT2D eigenvalue weighted by molar-refractivity contribution is -0.145. The third-order valence-electron chi connectivity index (χ3n) is 7.67. The minimum atomic E-state index is -0.659. The van der Waals surface area contributed by atoms with Crippen molar-refractivity contribution in [2.75, 3.05) is 24.7 Å². The molecule has 0 spiro atoms. The van der Waals surface area contributed by atoms with Crippen LogP contribution in [0.3, 0.4) is 0 Å². The summed E-state index contributed by atoms with van der Waals surface area (Å²) >= 11 is 0. The molecular formula is C34H68N2O4S2. The van der Waals surface area contributed by atoms with Crippen molar-refractivity contribution < 1.29 is 19.1 Å². The molecule has 0 aromatic rings. The zero-order chi connectivity index (χ0) is 30.9. The van der Waals surface area contributed by atoms with Gasteiger partial charge in [0.2, 0.25) is 0 Å². The van der Waals surface area contributed by atoms with E-state index >= 15 is 0 Å². The smallest absolute Gasteiger partial charge is 0.323 e. The summed E-state index contributed by atoms with van der Waals surface area (Å²) in [6.07, 6.45) is 30.7. The Morgan fingerprint density at radius 3 is 0.952 bits per heavy atom. The molecule has 0 heterocycles. The summed E-state index contributed by atoms with van der Waals surface area (Å²) < 4.78 is 10.7. The van der Waals surface area contributed by atoms with E-state index in [0.717, 1.165) is 25.7 Å². The number of esters is 2. The van der Waals surface area contributed by atoms with Gasteiger partial charge < -0.3 is 20.9 Å². The fourth-order valence-electron chi connectivity index (χ4n) is 4.82. The average molecular weight is 633 g/mol. The van der Waals surface area contributed by atoms with E-state index in [4.69, 9.17) is 20.9 Å². The van der Waals surface area contributed by atoms with Crippen LogP contribution in [0.1, 0.15) is 168 Å². The van der Waals surface area contributed by atoms with E-state index in [2.05, 4.69) is 13.8 Å². The Morgan fingerprint density at radius 1 is 0.452 bits per heavy atom. The molecule has 42 heavy (non-hydrogen) atoms. The van der Waals surface area contributed by atoms with Crippen LogP contribution >= 0.6 is 21.6 Å². The van der Waals surface area contributed by atoms with E-state index in [1.807, 2.05) is 0 Å². The highest BCUT2D eigenvalue weighted by Gasteiger charge is 2.18. The zero-order valence-electron chi connectivity index (χ0n) is 27.6. The molecule has 0 aliphatic rings. The molecule has 8 heteroatoms. The quantitative estimate of drug-likeness (QED) is 0.0419. The van der Waals surface area contributed by atoms with Gasteiger partial charge in [-0.05, 0) is 12.8 Å². The average Bonchev–Trinajstić information content (AvgIpc) is 2.99. The number of carbonyl (C=O) groups is 2. The zero-order valence-corrected chi connectivity index (χ0v) is 29.2. The fourth-order valence-corrected chi connectivity index (χ4v) is 7.04. The fraction of sp³-hybridized carbons (Fsp3) is 0.941. The van der Waals surface area contributed by atoms with E-state index in [1.54, 1.807) is 0 Å². The van der Waals surface area contributed by atoms with Crippen molar-refractivity contribution in [3.05, 3.63) is 0 Å². The Bertz CT molecular complexity index is 548. The van der Waals surface area contributed by atoms with Crippen LogP contribution in [0.5, 0.6) is 0 Å². The van der Waals surface area contributed by atoms with Crippen molar-refractivity contribution >= 4 is 33.5 Å². The van der Waals surface area contributed by atoms with Crippen LogP contribution in [0.15, 0.2) is 0 Å². The van der Waals surface area contributed by atoms with E-state index in [9.17, 15) is 9.59 Å². The molecule has 0 saturated carbocycles. The molecule has 0 aliphatic carbocycles. The first-order chi connectivity index (χ1) is 20.5. The first kappa shape index (κ1) is 41.6. The van der Waals surface area contributed by atoms with Gasteiger partial charge in [0.05, 0.1) is 13.2 Å². The molecule has 0 rings (SSSR count). The van der Waals surface area contributed by atoms with Gasteiger partial charge in [-0.2, -0.15) is 0 Å². The second-order valence-corrected chi connectivity index (χ2v) is 14.4. The van der Waals surface area contributed by atoms with Crippen molar-refractivity contribution in [3.8, 4) is 0 Å². The molecule has 0 amide bonds. The van der Waals surface area contributed by atoms with Crippen LogP contribution in [-0.4, -0.2) is 48.7 Å². The molecule has 0 radical (unpaired) electrons. The highest BCUT2D eigenvalue weighted by Crippen LogP contribution is 2.23. The molecule has 0 aliphatic heterocycles. The van der Waals surface area contributed by atoms with Crippen LogP contribution in [0.25, 0.3) is 0 Å². The number of rotatable bonds is 33. The lowest BCUT2D eigenvalue weighted by Crippen LogP contribution is -2.35. The maximum absolute atomic E-state index is 12.1. The summed E-state index contributed by atoms with van der Waals surface area (Å²) in [5.41, 5.74) is 11.9. The topological polar surface area (TPSA) is 105 Å². The Kier molecular flexibility index (Phi) is 33.1. The summed E-state index contributed by atoms with van der Waals surface area (Å²) in [6, 6.07) is -1.32. The Morgan fingerprint density at radius 2 is 0.690 bits per heavy atom. The summed E-state index contributed by atoms with van der Waals surface area (Å²) in [6.45, 7) is 5.40. The van der Waals surface area contributed by atoms with Gasteiger partial charge in [0.25, 0.3) is 0 Å². The maximum atomic E-state index is 12.1. The standard InChI is InChI=1S/C34H68N2O4S2/c1-3-5-7-9-11-13-15-17-19-21-23-25-27-39-33(37)31(35)29-41-42-30-32(36)34(38)40-28-26-24-22-20-18-16-14-12-10-8-6-4-2/h31-32H,3-30,35-36H2,1-2H3. The molecule has 0 fully saturated rings. The van der Waals surface area contributed by atoms with Gasteiger partial charge in [-0.3, -0.25) is 9.59 Å². The van der Waals surface area contributed by atoms with Crippen LogP contribution in [0, 0.1) is 0 Å². The van der Waals surface area contributed by atoms with Crippen molar-refractivity contribution in [2.45, 2.75) is 180 Å². The number of carbonyl (C=O) groups excluding carboxylic acids is 2. The monoisotopic (exact) mass is 632 g/mol. The summed E-state index contributed by atoms with van der Waals surface area (Å²) in [7, 11) is 2.90. The number of nitrogens with two attached hydrogens (primary N) is 2.